The number of benzene rings is 2. The Labute approximate surface area is 194 Å². The molecular weight excluding hydrogens is 459 g/mol. The van der Waals surface area contributed by atoms with Crippen molar-refractivity contribution < 1.29 is 24.0 Å². The van der Waals surface area contributed by atoms with Crippen molar-refractivity contribution in [2.75, 3.05) is 17.3 Å². The summed E-state index contributed by atoms with van der Waals surface area (Å²) < 4.78 is 5.44. The minimum Gasteiger partial charge on any atom is -0.454 e. The fourth-order valence-corrected chi connectivity index (χ4v) is 3.78. The smallest absolute Gasteiger partial charge is 0.312 e. The van der Waals surface area contributed by atoms with Crippen LogP contribution >= 0.6 is 23.2 Å². The second-order valence-electron chi connectivity index (χ2n) is 7.41. The van der Waals surface area contributed by atoms with Crippen LogP contribution in [-0.4, -0.2) is 41.1 Å². The predicted molar refractivity (Wildman–Crippen MR) is 119 cm³/mol. The SMILES string of the molecule is Cc1ccc(N2C[C@H](C(=O)O[C@@H](CCCl)C(=O)c3ccc(Cl)cc3)CC2=O)cc1[N+](=O)[O-]. The first-order valence-corrected chi connectivity index (χ1v) is 10.7. The normalized spacial score (nSPS) is 16.7. The molecule has 32 heavy (non-hydrogen) atoms. The Morgan fingerprint density at radius 3 is 2.56 bits per heavy atom. The van der Waals surface area contributed by atoms with Crippen LogP contribution < -0.4 is 4.90 Å². The number of alkyl halides is 1. The van der Waals surface area contributed by atoms with Gasteiger partial charge in [-0.25, -0.2) is 0 Å². The Balaban J connectivity index is 1.72. The summed E-state index contributed by atoms with van der Waals surface area (Å²) in [5.74, 6) is -2.17. The summed E-state index contributed by atoms with van der Waals surface area (Å²) in [6.45, 7) is 1.60. The van der Waals surface area contributed by atoms with E-state index in [4.69, 9.17) is 27.9 Å². The standard InChI is InChI=1S/C22H20Cl2N2O6/c1-13-2-7-17(11-18(13)26(30)31)25-12-15(10-20(25)27)22(29)32-19(8-9-23)21(28)14-3-5-16(24)6-4-14/h2-7,11,15,19H,8-10,12H2,1H3/t15-,19+/m1/s1. The van der Waals surface area contributed by atoms with Gasteiger partial charge in [-0.05, 0) is 37.3 Å². The molecule has 0 N–H and O–H groups in total. The molecule has 1 saturated heterocycles. The number of hydrogen-bond acceptors (Lipinski definition) is 6. The Kier molecular flexibility index (Phi) is 7.48. The lowest BCUT2D eigenvalue weighted by molar-refractivity contribution is -0.385. The lowest BCUT2D eigenvalue weighted by Crippen LogP contribution is -2.32. The molecule has 0 saturated carbocycles. The summed E-state index contributed by atoms with van der Waals surface area (Å²) in [5, 5.41) is 11.7. The molecule has 0 spiro atoms. The van der Waals surface area contributed by atoms with Crippen molar-refractivity contribution in [1.29, 1.82) is 0 Å². The second-order valence-corrected chi connectivity index (χ2v) is 8.22. The molecule has 0 radical (unpaired) electrons. The molecular formula is C22H20Cl2N2O6. The number of esters is 1. The van der Waals surface area contributed by atoms with Crippen LogP contribution in [0.4, 0.5) is 11.4 Å². The van der Waals surface area contributed by atoms with Crippen LogP contribution in [0, 0.1) is 23.0 Å². The number of ether oxygens (including phenoxy) is 1. The Morgan fingerprint density at radius 1 is 1.25 bits per heavy atom. The van der Waals surface area contributed by atoms with Gasteiger partial charge in [0.1, 0.15) is 0 Å². The highest BCUT2D eigenvalue weighted by molar-refractivity contribution is 6.30. The number of halogens is 2. The van der Waals surface area contributed by atoms with E-state index in [0.717, 1.165) is 0 Å². The molecule has 1 aliphatic heterocycles. The third kappa shape index (κ3) is 5.26. The van der Waals surface area contributed by atoms with Gasteiger partial charge in [0.05, 0.1) is 16.5 Å². The van der Waals surface area contributed by atoms with Crippen LogP contribution in [0.3, 0.4) is 0 Å². The highest BCUT2D eigenvalue weighted by Gasteiger charge is 2.38. The van der Waals surface area contributed by atoms with E-state index >= 15 is 0 Å². The van der Waals surface area contributed by atoms with E-state index in [1.165, 1.54) is 23.1 Å². The van der Waals surface area contributed by atoms with Crippen LogP contribution in [-0.2, 0) is 14.3 Å². The molecule has 168 valence electrons. The third-order valence-corrected chi connectivity index (χ3v) is 5.68. The number of carbonyl (C=O) groups is 3. The van der Waals surface area contributed by atoms with Gasteiger partial charge < -0.3 is 9.64 Å². The zero-order chi connectivity index (χ0) is 23.4. The highest BCUT2D eigenvalue weighted by atomic mass is 35.5. The summed E-state index contributed by atoms with van der Waals surface area (Å²) in [7, 11) is 0. The molecule has 1 amide bonds. The van der Waals surface area contributed by atoms with E-state index in [0.29, 0.717) is 21.8 Å². The van der Waals surface area contributed by atoms with Crippen LogP contribution in [0.15, 0.2) is 42.5 Å². The number of Topliss-reactive ketones (excluding diaryl/α,β-unsaturated/α-hetero) is 1. The van der Waals surface area contributed by atoms with Gasteiger partial charge in [-0.1, -0.05) is 17.7 Å². The minimum atomic E-state index is -1.09. The molecule has 0 aromatic heterocycles. The van der Waals surface area contributed by atoms with Crippen molar-refractivity contribution in [3.63, 3.8) is 0 Å². The summed E-state index contributed by atoms with van der Waals surface area (Å²) in [4.78, 5) is 50.0. The number of anilines is 1. The molecule has 0 bridgehead atoms. The molecule has 8 nitrogen and oxygen atoms in total. The molecule has 0 unspecified atom stereocenters. The fraction of sp³-hybridized carbons (Fsp3) is 0.318. The molecule has 0 aliphatic carbocycles. The topological polar surface area (TPSA) is 107 Å². The molecule has 2 aromatic rings. The van der Waals surface area contributed by atoms with Crippen molar-refractivity contribution in [3.05, 3.63) is 68.7 Å². The molecule has 1 fully saturated rings. The summed E-state index contributed by atoms with van der Waals surface area (Å²) >= 11 is 11.6. The van der Waals surface area contributed by atoms with Gasteiger partial charge in [0, 0.05) is 47.5 Å². The summed E-state index contributed by atoms with van der Waals surface area (Å²) in [6, 6.07) is 10.6. The van der Waals surface area contributed by atoms with Gasteiger partial charge >= 0.3 is 5.97 Å². The van der Waals surface area contributed by atoms with Crippen LogP contribution in [0.25, 0.3) is 0 Å². The van der Waals surface area contributed by atoms with Gasteiger partial charge in [-0.2, -0.15) is 0 Å². The van der Waals surface area contributed by atoms with Gasteiger partial charge in [-0.3, -0.25) is 24.5 Å². The quantitative estimate of drug-likeness (QED) is 0.183. The highest BCUT2D eigenvalue weighted by Crippen LogP contribution is 2.30. The van der Waals surface area contributed by atoms with Crippen molar-refractivity contribution in [1.82, 2.24) is 0 Å². The first-order valence-electron chi connectivity index (χ1n) is 9.83. The van der Waals surface area contributed by atoms with Crippen molar-refractivity contribution >= 4 is 52.2 Å². The average molecular weight is 479 g/mol. The van der Waals surface area contributed by atoms with Crippen LogP contribution in [0.1, 0.15) is 28.8 Å². The van der Waals surface area contributed by atoms with Gasteiger partial charge in [0.2, 0.25) is 11.7 Å². The number of nitro benzene ring substituents is 1. The molecule has 2 atom stereocenters. The number of ketones is 1. The van der Waals surface area contributed by atoms with Gasteiger partial charge in [0.15, 0.2) is 6.10 Å². The monoisotopic (exact) mass is 478 g/mol. The number of nitrogens with zero attached hydrogens (tertiary/aromatic N) is 2. The number of amides is 1. The molecule has 1 aliphatic rings. The average Bonchev–Trinajstić information content (AvgIpc) is 3.15. The maximum Gasteiger partial charge on any atom is 0.312 e. The number of hydrogen-bond donors (Lipinski definition) is 0. The fourth-order valence-electron chi connectivity index (χ4n) is 3.46. The van der Waals surface area contributed by atoms with Crippen LogP contribution in [0.5, 0.6) is 0 Å². The van der Waals surface area contributed by atoms with E-state index in [9.17, 15) is 24.5 Å². The third-order valence-electron chi connectivity index (χ3n) is 5.21. The summed E-state index contributed by atoms with van der Waals surface area (Å²) in [5.41, 5.74) is 1.01. The van der Waals surface area contributed by atoms with Crippen molar-refractivity contribution in [2.45, 2.75) is 25.9 Å². The van der Waals surface area contributed by atoms with Crippen molar-refractivity contribution in [2.24, 2.45) is 5.92 Å². The maximum absolute atomic E-state index is 12.8. The zero-order valence-electron chi connectivity index (χ0n) is 17.1. The Bertz CT molecular complexity index is 1060. The predicted octanol–water partition coefficient (Wildman–Crippen LogP) is 4.33. The molecule has 10 heteroatoms. The van der Waals surface area contributed by atoms with Gasteiger partial charge in [-0.15, -0.1) is 11.6 Å². The number of carbonyl (C=O) groups excluding carboxylic acids is 3. The zero-order valence-corrected chi connectivity index (χ0v) is 18.6. The lowest BCUT2D eigenvalue weighted by Gasteiger charge is -2.19. The molecule has 1 heterocycles. The maximum atomic E-state index is 12.8. The van der Waals surface area contributed by atoms with E-state index in [2.05, 4.69) is 0 Å². The summed E-state index contributed by atoms with van der Waals surface area (Å²) in [6.07, 6.45) is -1.10. The minimum absolute atomic E-state index is 0.000607. The van der Waals surface area contributed by atoms with Gasteiger partial charge in [0.25, 0.3) is 5.69 Å². The Hall–Kier alpha value is -2.97. The number of rotatable bonds is 8. The molecule has 2 aromatic carbocycles. The first-order chi connectivity index (χ1) is 15.2. The van der Waals surface area contributed by atoms with E-state index in [1.807, 2.05) is 0 Å². The van der Waals surface area contributed by atoms with Crippen molar-refractivity contribution in [3.8, 4) is 0 Å². The van der Waals surface area contributed by atoms with Crippen LogP contribution in [0.2, 0.25) is 5.02 Å². The Morgan fingerprint density at radius 2 is 1.94 bits per heavy atom. The first kappa shape index (κ1) is 23.7. The number of nitro groups is 1. The lowest BCUT2D eigenvalue weighted by atomic mass is 10.0. The van der Waals surface area contributed by atoms with E-state index in [-0.39, 0.29) is 36.9 Å². The van der Waals surface area contributed by atoms with E-state index < -0.39 is 28.7 Å². The number of aryl methyl sites for hydroxylation is 1. The molecule has 3 rings (SSSR count). The largest absolute Gasteiger partial charge is 0.454 e. The second kappa shape index (κ2) is 10.1. The van der Waals surface area contributed by atoms with E-state index in [1.54, 1.807) is 31.2 Å².